The number of nitrogens with zero attached hydrogens (tertiary/aromatic N) is 6. The van der Waals surface area contributed by atoms with Crippen LogP contribution in [0.4, 0.5) is 14.6 Å². The smallest absolute Gasteiger partial charge is 0.276 e. The van der Waals surface area contributed by atoms with Crippen LogP contribution in [0.3, 0.4) is 0 Å². The maximum atomic E-state index is 14.4. The lowest BCUT2D eigenvalue weighted by Gasteiger charge is -2.27. The fraction of sp³-hybridized carbons (Fsp3) is 0.393. The van der Waals surface area contributed by atoms with E-state index >= 15 is 0 Å². The zero-order valence-electron chi connectivity index (χ0n) is 22.4. The molecule has 1 amide bonds. The highest BCUT2D eigenvalue weighted by Crippen LogP contribution is 2.50. The minimum atomic E-state index is -3.05. The number of likely N-dealkylation sites (N-methyl/N-ethyl adjacent to an activating group) is 1. The van der Waals surface area contributed by atoms with Crippen molar-refractivity contribution < 1.29 is 18.1 Å². The molecule has 1 fully saturated rings. The van der Waals surface area contributed by atoms with Crippen molar-refractivity contribution in [2.75, 3.05) is 19.8 Å². The van der Waals surface area contributed by atoms with Crippen molar-refractivity contribution in [3.63, 3.8) is 0 Å². The summed E-state index contributed by atoms with van der Waals surface area (Å²) in [6.45, 7) is 3.63. The number of hydrogen-bond donors (Lipinski definition) is 1. The predicted octanol–water partition coefficient (Wildman–Crippen LogP) is 4.88. The van der Waals surface area contributed by atoms with Crippen molar-refractivity contribution in [1.82, 2.24) is 29.8 Å². The fourth-order valence-corrected chi connectivity index (χ4v) is 4.73. The number of alkyl halides is 2. The fourth-order valence-electron chi connectivity index (χ4n) is 4.73. The zero-order valence-corrected chi connectivity index (χ0v) is 22.4. The quantitative estimate of drug-likeness (QED) is 0.325. The molecule has 39 heavy (non-hydrogen) atoms. The van der Waals surface area contributed by atoms with Crippen LogP contribution in [0.15, 0.2) is 53.4 Å². The molecule has 4 aromatic rings. The maximum Gasteiger partial charge on any atom is 0.276 e. The van der Waals surface area contributed by atoms with Gasteiger partial charge in [-0.3, -0.25) is 9.48 Å². The molecule has 5 rings (SSSR count). The second-order valence-corrected chi connectivity index (χ2v) is 10.4. The minimum Gasteiger partial charge on any atom is -0.383 e. The summed E-state index contributed by atoms with van der Waals surface area (Å²) in [6.07, 6.45) is 6.52. The van der Waals surface area contributed by atoms with Gasteiger partial charge in [0.1, 0.15) is 12.4 Å². The largest absolute Gasteiger partial charge is 0.383 e. The Hall–Kier alpha value is -4.15. The summed E-state index contributed by atoms with van der Waals surface area (Å²) in [4.78, 5) is 22.3. The average Bonchev–Trinajstić information content (AvgIpc) is 3.48. The van der Waals surface area contributed by atoms with Crippen LogP contribution in [0.5, 0.6) is 0 Å². The van der Waals surface area contributed by atoms with Crippen molar-refractivity contribution in [2.24, 2.45) is 5.92 Å². The van der Waals surface area contributed by atoms with Crippen molar-refractivity contribution >= 4 is 11.7 Å². The number of halogens is 2. The van der Waals surface area contributed by atoms with Crippen molar-refractivity contribution in [1.29, 1.82) is 0 Å². The second-order valence-electron chi connectivity index (χ2n) is 10.4. The normalized spacial score (nSPS) is 15.2. The molecule has 3 aromatic heterocycles. The number of anilines is 1. The molecule has 0 aliphatic heterocycles. The van der Waals surface area contributed by atoms with Crippen LogP contribution in [0.25, 0.3) is 22.6 Å². The number of carbonyl (C=O) groups is 1. The number of amides is 1. The van der Waals surface area contributed by atoms with Gasteiger partial charge < -0.3 is 15.2 Å². The number of hydrogen-bond acceptors (Lipinski definition) is 7. The standard InChI is InChI=1S/C28H31F2N7O2/c1-5-28(29,30)22-12-18(13-32-24(22)31)17-6-8-20(9-7-17)27(2,21-10-11-21)26-34-25(39-35-26)19-14-33-37(15-19)16-23(38)36(3)4/h6-9,12-15,21H,5,10-11,16H2,1-4H3,(H2,31,32). The molecule has 3 heterocycles. The summed E-state index contributed by atoms with van der Waals surface area (Å²) in [7, 11) is 3.38. The Morgan fingerprint density at radius 3 is 2.51 bits per heavy atom. The van der Waals surface area contributed by atoms with Crippen LogP contribution in [0.2, 0.25) is 0 Å². The highest BCUT2D eigenvalue weighted by Gasteiger charge is 2.47. The first-order valence-electron chi connectivity index (χ1n) is 12.8. The molecule has 1 aromatic carbocycles. The second kappa shape index (κ2) is 9.87. The van der Waals surface area contributed by atoms with Gasteiger partial charge in [0.05, 0.1) is 22.7 Å². The number of nitrogens with two attached hydrogens (primary N) is 1. The molecule has 0 bridgehead atoms. The third-order valence-electron chi connectivity index (χ3n) is 7.54. The highest BCUT2D eigenvalue weighted by molar-refractivity contribution is 5.75. The van der Waals surface area contributed by atoms with Gasteiger partial charge in [-0.05, 0) is 42.9 Å². The summed E-state index contributed by atoms with van der Waals surface area (Å²) in [5.41, 5.74) is 7.94. The van der Waals surface area contributed by atoms with E-state index in [9.17, 15) is 13.6 Å². The lowest BCUT2D eigenvalue weighted by Crippen LogP contribution is -2.28. The van der Waals surface area contributed by atoms with E-state index in [-0.39, 0.29) is 30.3 Å². The number of carbonyl (C=O) groups excluding carboxylic acids is 1. The predicted molar refractivity (Wildman–Crippen MR) is 142 cm³/mol. The van der Waals surface area contributed by atoms with Gasteiger partial charge in [-0.15, -0.1) is 0 Å². The Labute approximate surface area is 225 Å². The van der Waals surface area contributed by atoms with E-state index in [1.165, 1.54) is 28.8 Å². The number of rotatable bonds is 9. The van der Waals surface area contributed by atoms with Gasteiger partial charge in [0, 0.05) is 38.5 Å². The van der Waals surface area contributed by atoms with Crippen LogP contribution < -0.4 is 5.73 Å². The number of pyridine rings is 1. The van der Waals surface area contributed by atoms with E-state index in [0.29, 0.717) is 28.8 Å². The monoisotopic (exact) mass is 535 g/mol. The van der Waals surface area contributed by atoms with Gasteiger partial charge in [0.25, 0.3) is 11.8 Å². The van der Waals surface area contributed by atoms with E-state index < -0.39 is 11.3 Å². The van der Waals surface area contributed by atoms with E-state index in [2.05, 4.69) is 22.2 Å². The van der Waals surface area contributed by atoms with Gasteiger partial charge in [-0.1, -0.05) is 36.3 Å². The summed E-state index contributed by atoms with van der Waals surface area (Å²) in [6, 6.07) is 9.15. The molecule has 2 N–H and O–H groups in total. The van der Waals surface area contributed by atoms with E-state index in [4.69, 9.17) is 15.2 Å². The van der Waals surface area contributed by atoms with Crippen molar-refractivity contribution in [3.8, 4) is 22.6 Å². The Morgan fingerprint density at radius 1 is 1.15 bits per heavy atom. The number of benzene rings is 1. The molecule has 0 spiro atoms. The molecule has 1 aliphatic rings. The third kappa shape index (κ3) is 5.00. The van der Waals surface area contributed by atoms with Crippen LogP contribution in [-0.2, 0) is 22.7 Å². The molecule has 1 atom stereocenters. The molecule has 0 saturated heterocycles. The topological polar surface area (TPSA) is 116 Å². The Kier molecular flexibility index (Phi) is 6.69. The molecule has 204 valence electrons. The molecule has 0 radical (unpaired) electrons. The summed E-state index contributed by atoms with van der Waals surface area (Å²) >= 11 is 0. The summed E-state index contributed by atoms with van der Waals surface area (Å²) < 4.78 is 35.9. The van der Waals surface area contributed by atoms with E-state index in [0.717, 1.165) is 24.0 Å². The zero-order chi connectivity index (χ0) is 27.9. The molecule has 1 unspecified atom stereocenters. The lowest BCUT2D eigenvalue weighted by atomic mass is 9.76. The molecular weight excluding hydrogens is 504 g/mol. The first-order chi connectivity index (χ1) is 18.5. The lowest BCUT2D eigenvalue weighted by molar-refractivity contribution is -0.129. The van der Waals surface area contributed by atoms with Gasteiger partial charge in [0.2, 0.25) is 5.91 Å². The van der Waals surface area contributed by atoms with Crippen LogP contribution >= 0.6 is 0 Å². The van der Waals surface area contributed by atoms with Gasteiger partial charge in [0.15, 0.2) is 5.82 Å². The maximum absolute atomic E-state index is 14.4. The minimum absolute atomic E-state index is 0.0781. The first kappa shape index (κ1) is 26.5. The number of aromatic nitrogens is 5. The first-order valence-corrected chi connectivity index (χ1v) is 12.8. The average molecular weight is 536 g/mol. The van der Waals surface area contributed by atoms with E-state index in [1.54, 1.807) is 26.5 Å². The van der Waals surface area contributed by atoms with E-state index in [1.807, 2.05) is 24.3 Å². The van der Waals surface area contributed by atoms with Crippen LogP contribution in [-0.4, -0.2) is 49.8 Å². The van der Waals surface area contributed by atoms with Gasteiger partial charge >= 0.3 is 0 Å². The summed E-state index contributed by atoms with van der Waals surface area (Å²) in [5, 5.41) is 8.58. The highest BCUT2D eigenvalue weighted by atomic mass is 19.3. The Bertz CT molecular complexity index is 1490. The number of nitrogen functional groups attached to an aromatic ring is 1. The van der Waals surface area contributed by atoms with Crippen LogP contribution in [0, 0.1) is 5.92 Å². The van der Waals surface area contributed by atoms with Gasteiger partial charge in [-0.2, -0.15) is 10.1 Å². The van der Waals surface area contributed by atoms with Crippen molar-refractivity contribution in [2.45, 2.75) is 51.0 Å². The SMILES string of the molecule is CCC(F)(F)c1cc(-c2ccc(C(C)(c3noc(-c4cnn(CC(=O)N(C)C)c4)n3)C3CC3)cc2)cnc1N. The molecule has 11 heteroatoms. The van der Waals surface area contributed by atoms with Crippen LogP contribution in [0.1, 0.15) is 50.1 Å². The van der Waals surface area contributed by atoms with Crippen molar-refractivity contribution in [3.05, 3.63) is 65.9 Å². The molecule has 1 aliphatic carbocycles. The molecule has 1 saturated carbocycles. The molecule has 9 nitrogen and oxygen atoms in total. The summed E-state index contributed by atoms with van der Waals surface area (Å²) in [5.74, 6) is -2.07. The Balaban J connectivity index is 1.42. The van der Waals surface area contributed by atoms with Gasteiger partial charge in [-0.25, -0.2) is 13.8 Å². The Morgan fingerprint density at radius 2 is 1.87 bits per heavy atom. The molecular formula is C28H31F2N7O2. The third-order valence-corrected chi connectivity index (χ3v) is 7.54.